The van der Waals surface area contributed by atoms with Crippen LogP contribution in [0.15, 0.2) is 23.1 Å². The average molecular weight is 352 g/mol. The molecule has 21 heavy (non-hydrogen) atoms. The molecule has 0 fully saturated rings. The predicted molar refractivity (Wildman–Crippen MR) is 87.3 cm³/mol. The first-order valence-electron chi connectivity index (χ1n) is 6.40. The lowest BCUT2D eigenvalue weighted by Gasteiger charge is -2.23. The number of carbonyl (C=O) groups is 1. The summed E-state index contributed by atoms with van der Waals surface area (Å²) in [5.74, 6) is 0.0363. The van der Waals surface area contributed by atoms with E-state index in [1.165, 1.54) is 11.8 Å². The maximum absolute atomic E-state index is 11.8. The van der Waals surface area contributed by atoms with Gasteiger partial charge < -0.3 is 15.2 Å². The highest BCUT2D eigenvalue weighted by Gasteiger charge is 2.20. The number of halogens is 2. The van der Waals surface area contributed by atoms with E-state index in [-0.39, 0.29) is 18.2 Å². The van der Waals surface area contributed by atoms with Gasteiger partial charge >= 0.3 is 0 Å². The van der Waals surface area contributed by atoms with Crippen molar-refractivity contribution in [2.24, 2.45) is 0 Å². The third-order valence-electron chi connectivity index (χ3n) is 2.76. The average Bonchev–Trinajstić information content (AvgIpc) is 2.44. The molecule has 0 bridgehead atoms. The number of thioether (sulfide) groups is 1. The number of nitrogens with one attached hydrogen (secondary N) is 1. The lowest BCUT2D eigenvalue weighted by molar-refractivity contribution is -0.119. The van der Waals surface area contributed by atoms with Crippen LogP contribution in [-0.2, 0) is 9.53 Å². The molecule has 0 aliphatic heterocycles. The zero-order valence-electron chi connectivity index (χ0n) is 12.0. The molecule has 0 saturated carbocycles. The molecule has 0 spiro atoms. The van der Waals surface area contributed by atoms with Crippen LogP contribution < -0.4 is 5.32 Å². The fraction of sp³-hybridized carbons (Fsp3) is 0.500. The molecule has 4 nitrogen and oxygen atoms in total. The minimum atomic E-state index is -0.982. The third-order valence-corrected chi connectivity index (χ3v) is 4.50. The van der Waals surface area contributed by atoms with E-state index in [9.17, 15) is 9.90 Å². The Hall–Kier alpha value is -0.460. The molecule has 7 heteroatoms. The Labute approximate surface area is 139 Å². The second-order valence-corrected chi connectivity index (χ2v) is 6.74. The molecule has 1 rings (SSSR count). The minimum Gasteiger partial charge on any atom is -0.388 e. The van der Waals surface area contributed by atoms with E-state index in [2.05, 4.69) is 5.32 Å². The van der Waals surface area contributed by atoms with Crippen LogP contribution in [0.4, 0.5) is 0 Å². The molecule has 1 aromatic carbocycles. The van der Waals surface area contributed by atoms with E-state index in [4.69, 9.17) is 27.9 Å². The van der Waals surface area contributed by atoms with Crippen molar-refractivity contribution < 1.29 is 14.6 Å². The topological polar surface area (TPSA) is 58.6 Å². The van der Waals surface area contributed by atoms with Crippen LogP contribution in [0.1, 0.15) is 13.3 Å². The molecule has 118 valence electrons. The fourth-order valence-corrected chi connectivity index (χ4v) is 2.80. The molecule has 2 N–H and O–H groups in total. The number of hydrogen-bond donors (Lipinski definition) is 2. The lowest BCUT2D eigenvalue weighted by Crippen LogP contribution is -2.42. The predicted octanol–water partition coefficient (Wildman–Crippen LogP) is 2.99. The second kappa shape index (κ2) is 8.86. The Morgan fingerprint density at radius 2 is 2.19 bits per heavy atom. The van der Waals surface area contributed by atoms with Gasteiger partial charge in [-0.15, -0.1) is 11.8 Å². The van der Waals surface area contributed by atoms with Crippen LogP contribution in [0, 0.1) is 0 Å². The number of amides is 1. The third kappa shape index (κ3) is 7.38. The zero-order valence-corrected chi connectivity index (χ0v) is 14.3. The maximum Gasteiger partial charge on any atom is 0.230 e. The largest absolute Gasteiger partial charge is 0.388 e. The highest BCUT2D eigenvalue weighted by molar-refractivity contribution is 8.00. The van der Waals surface area contributed by atoms with Gasteiger partial charge in [0.1, 0.15) is 0 Å². The number of rotatable bonds is 8. The Morgan fingerprint density at radius 1 is 1.48 bits per heavy atom. The maximum atomic E-state index is 11.8. The smallest absolute Gasteiger partial charge is 0.230 e. The molecule has 1 unspecified atom stereocenters. The molecule has 0 aliphatic rings. The van der Waals surface area contributed by atoms with Crippen LogP contribution >= 0.6 is 35.0 Å². The molecule has 0 saturated heterocycles. The normalized spacial score (nSPS) is 13.8. The Bertz CT molecular complexity index is 483. The highest BCUT2D eigenvalue weighted by Crippen LogP contribution is 2.29. The summed E-state index contributed by atoms with van der Waals surface area (Å²) in [5, 5.41) is 13.8. The van der Waals surface area contributed by atoms with E-state index < -0.39 is 5.60 Å². The second-order valence-electron chi connectivity index (χ2n) is 4.88. The van der Waals surface area contributed by atoms with Gasteiger partial charge in [0.05, 0.1) is 16.4 Å². The van der Waals surface area contributed by atoms with Crippen molar-refractivity contribution in [1.29, 1.82) is 0 Å². The van der Waals surface area contributed by atoms with Crippen LogP contribution in [0.3, 0.4) is 0 Å². The first kappa shape index (κ1) is 18.6. The van der Waals surface area contributed by atoms with Gasteiger partial charge in [-0.05, 0) is 25.1 Å². The Morgan fingerprint density at radius 3 is 2.86 bits per heavy atom. The molecule has 1 amide bonds. The van der Waals surface area contributed by atoms with E-state index in [0.29, 0.717) is 23.1 Å². The van der Waals surface area contributed by atoms with Crippen molar-refractivity contribution in [2.75, 3.05) is 26.0 Å². The van der Waals surface area contributed by atoms with Crippen molar-refractivity contribution in [3.8, 4) is 0 Å². The van der Waals surface area contributed by atoms with E-state index in [1.54, 1.807) is 32.2 Å². The van der Waals surface area contributed by atoms with Gasteiger partial charge in [0.2, 0.25) is 5.91 Å². The Balaban J connectivity index is 2.39. The number of methoxy groups -OCH3 is 1. The van der Waals surface area contributed by atoms with E-state index >= 15 is 0 Å². The highest BCUT2D eigenvalue weighted by atomic mass is 35.5. The van der Waals surface area contributed by atoms with Gasteiger partial charge in [-0.2, -0.15) is 0 Å². The van der Waals surface area contributed by atoms with Crippen LogP contribution in [-0.4, -0.2) is 42.6 Å². The SMILES string of the molecule is COCCC(C)(O)CNC(=O)CSc1cc(Cl)ccc1Cl. The van der Waals surface area contributed by atoms with Gasteiger partial charge in [-0.25, -0.2) is 0 Å². The van der Waals surface area contributed by atoms with Crippen molar-refractivity contribution in [3.05, 3.63) is 28.2 Å². The zero-order chi connectivity index (χ0) is 15.9. The van der Waals surface area contributed by atoms with Crippen LogP contribution in [0.5, 0.6) is 0 Å². The summed E-state index contributed by atoms with van der Waals surface area (Å²) in [6.07, 6.45) is 0.455. The first-order chi connectivity index (χ1) is 9.84. The number of ether oxygens (including phenoxy) is 1. The van der Waals surface area contributed by atoms with Crippen molar-refractivity contribution in [3.63, 3.8) is 0 Å². The first-order valence-corrected chi connectivity index (χ1v) is 8.14. The molecular weight excluding hydrogens is 333 g/mol. The van der Waals surface area contributed by atoms with E-state index in [1.807, 2.05) is 0 Å². The summed E-state index contributed by atoms with van der Waals surface area (Å²) in [7, 11) is 1.57. The van der Waals surface area contributed by atoms with Gasteiger partial charge in [0, 0.05) is 36.6 Å². The molecule has 0 aliphatic carbocycles. The molecule has 1 aromatic rings. The van der Waals surface area contributed by atoms with E-state index in [0.717, 1.165) is 4.90 Å². The van der Waals surface area contributed by atoms with Gasteiger partial charge in [-0.1, -0.05) is 23.2 Å². The Kier molecular flexibility index (Phi) is 7.84. The minimum absolute atomic E-state index is 0.172. The van der Waals surface area contributed by atoms with Crippen LogP contribution in [0.25, 0.3) is 0 Å². The van der Waals surface area contributed by atoms with Gasteiger partial charge in [0.15, 0.2) is 0 Å². The summed E-state index contributed by atoms with van der Waals surface area (Å²) < 4.78 is 4.91. The van der Waals surface area contributed by atoms with Gasteiger partial charge in [0.25, 0.3) is 0 Å². The molecular formula is C14H19Cl2NO3S. The summed E-state index contributed by atoms with van der Waals surface area (Å²) in [5.41, 5.74) is -0.982. The fourth-order valence-electron chi connectivity index (χ4n) is 1.48. The number of carbonyl (C=O) groups excluding carboxylic acids is 1. The van der Waals surface area contributed by atoms with Crippen molar-refractivity contribution in [1.82, 2.24) is 5.32 Å². The quantitative estimate of drug-likeness (QED) is 0.707. The standard InChI is InChI=1S/C14H19Cl2NO3S/c1-14(19,5-6-20-2)9-17-13(18)8-21-12-7-10(15)3-4-11(12)16/h3-4,7,19H,5-6,8-9H2,1-2H3,(H,17,18). The summed E-state index contributed by atoms with van der Waals surface area (Å²) in [6, 6.07) is 5.11. The summed E-state index contributed by atoms with van der Waals surface area (Å²) in [6.45, 7) is 2.28. The lowest BCUT2D eigenvalue weighted by atomic mass is 10.0. The number of aliphatic hydroxyl groups is 1. The molecule has 1 atom stereocenters. The molecule has 0 radical (unpaired) electrons. The van der Waals surface area contributed by atoms with Crippen molar-refractivity contribution >= 4 is 40.9 Å². The molecule has 0 aromatic heterocycles. The number of benzene rings is 1. The summed E-state index contributed by atoms with van der Waals surface area (Å²) in [4.78, 5) is 12.5. The number of hydrogen-bond acceptors (Lipinski definition) is 4. The monoisotopic (exact) mass is 351 g/mol. The molecule has 0 heterocycles. The van der Waals surface area contributed by atoms with Gasteiger partial charge in [-0.3, -0.25) is 4.79 Å². The summed E-state index contributed by atoms with van der Waals surface area (Å²) >= 11 is 13.2. The van der Waals surface area contributed by atoms with Crippen molar-refractivity contribution in [2.45, 2.75) is 23.8 Å². The van der Waals surface area contributed by atoms with Crippen LogP contribution in [0.2, 0.25) is 10.0 Å².